The Labute approximate surface area is 127 Å². The molecule has 1 aliphatic rings. The van der Waals surface area contributed by atoms with E-state index < -0.39 is 6.04 Å². The molecule has 0 saturated heterocycles. The second-order valence-corrected chi connectivity index (χ2v) is 5.98. The predicted molar refractivity (Wildman–Crippen MR) is 77.9 cm³/mol. The quantitative estimate of drug-likeness (QED) is 0.697. The highest BCUT2D eigenvalue weighted by Gasteiger charge is 2.29. The average Bonchev–Trinajstić information content (AvgIpc) is 3.21. The van der Waals surface area contributed by atoms with Crippen molar-refractivity contribution in [2.75, 3.05) is 12.3 Å². The molecule has 2 N–H and O–H groups in total. The summed E-state index contributed by atoms with van der Waals surface area (Å²) in [5.41, 5.74) is 0. The zero-order chi connectivity index (χ0) is 15.2. The maximum Gasteiger partial charge on any atom is 0.277 e. The monoisotopic (exact) mass is 312 g/mol. The second kappa shape index (κ2) is 7.44. The number of hydrogen-bond donors (Lipinski definition) is 2. The van der Waals surface area contributed by atoms with Crippen LogP contribution in [0.1, 0.15) is 44.9 Å². The van der Waals surface area contributed by atoms with E-state index in [1.165, 1.54) is 11.8 Å². The maximum absolute atomic E-state index is 11.8. The Morgan fingerprint density at radius 1 is 1.43 bits per heavy atom. The van der Waals surface area contributed by atoms with Gasteiger partial charge in [0.1, 0.15) is 6.04 Å². The Morgan fingerprint density at radius 2 is 2.19 bits per heavy atom. The molecular formula is C13H20N4O3S. The third-order valence-corrected chi connectivity index (χ3v) is 3.81. The molecule has 1 atom stereocenters. The van der Waals surface area contributed by atoms with Crippen molar-refractivity contribution in [3.05, 3.63) is 5.89 Å². The van der Waals surface area contributed by atoms with Crippen LogP contribution < -0.4 is 10.6 Å². The summed E-state index contributed by atoms with van der Waals surface area (Å²) in [7, 11) is 0. The average molecular weight is 312 g/mol. The van der Waals surface area contributed by atoms with Gasteiger partial charge in [0.25, 0.3) is 5.22 Å². The molecule has 1 aromatic rings. The van der Waals surface area contributed by atoms with E-state index in [0.29, 0.717) is 23.6 Å². The molecule has 1 fully saturated rings. The Bertz CT molecular complexity index is 501. The van der Waals surface area contributed by atoms with E-state index in [1.807, 2.05) is 6.92 Å². The molecule has 1 aliphatic carbocycles. The lowest BCUT2D eigenvalue weighted by Crippen LogP contribution is -2.45. The Kier molecular flexibility index (Phi) is 5.60. The SMILES string of the molecule is CCCNC(=O)[C@@H](C)NC(=O)CSc1nnc(C2CC2)o1. The number of rotatable bonds is 8. The molecule has 0 aromatic carbocycles. The van der Waals surface area contributed by atoms with Gasteiger partial charge in [0.15, 0.2) is 0 Å². The van der Waals surface area contributed by atoms with Crippen molar-refractivity contribution >= 4 is 23.6 Å². The van der Waals surface area contributed by atoms with Gasteiger partial charge in [-0.3, -0.25) is 9.59 Å². The highest BCUT2D eigenvalue weighted by molar-refractivity contribution is 7.99. The van der Waals surface area contributed by atoms with Gasteiger partial charge in [0.2, 0.25) is 17.7 Å². The van der Waals surface area contributed by atoms with E-state index in [-0.39, 0.29) is 17.6 Å². The van der Waals surface area contributed by atoms with E-state index in [9.17, 15) is 9.59 Å². The van der Waals surface area contributed by atoms with Crippen LogP contribution in [-0.4, -0.2) is 40.4 Å². The number of thioether (sulfide) groups is 1. The Hall–Kier alpha value is -1.57. The minimum absolute atomic E-state index is 0.150. The minimum atomic E-state index is -0.547. The molecule has 2 rings (SSSR count). The highest BCUT2D eigenvalue weighted by Crippen LogP contribution is 2.39. The summed E-state index contributed by atoms with van der Waals surface area (Å²) in [6.07, 6.45) is 3.05. The lowest BCUT2D eigenvalue weighted by molar-refractivity contribution is -0.127. The van der Waals surface area contributed by atoms with Crippen molar-refractivity contribution in [2.24, 2.45) is 0 Å². The van der Waals surface area contributed by atoms with E-state index in [4.69, 9.17) is 4.42 Å². The van der Waals surface area contributed by atoms with Crippen LogP contribution in [0.25, 0.3) is 0 Å². The van der Waals surface area contributed by atoms with Crippen LogP contribution in [0.15, 0.2) is 9.64 Å². The molecular weight excluding hydrogens is 292 g/mol. The fourth-order valence-electron chi connectivity index (χ4n) is 1.65. The first-order chi connectivity index (χ1) is 10.1. The molecule has 1 saturated carbocycles. The predicted octanol–water partition coefficient (Wildman–Crippen LogP) is 1.07. The fourth-order valence-corrected chi connectivity index (χ4v) is 2.23. The second-order valence-electron chi connectivity index (χ2n) is 5.05. The first kappa shape index (κ1) is 15.8. The molecule has 0 unspecified atom stereocenters. The molecule has 7 nitrogen and oxygen atoms in total. The van der Waals surface area contributed by atoms with E-state index in [2.05, 4.69) is 20.8 Å². The zero-order valence-electron chi connectivity index (χ0n) is 12.2. The van der Waals surface area contributed by atoms with E-state index in [1.54, 1.807) is 6.92 Å². The molecule has 116 valence electrons. The molecule has 1 aromatic heterocycles. The molecule has 2 amide bonds. The summed E-state index contributed by atoms with van der Waals surface area (Å²) in [6, 6.07) is -0.547. The van der Waals surface area contributed by atoms with Crippen LogP contribution in [0.4, 0.5) is 0 Å². The third kappa shape index (κ3) is 5.04. The molecule has 1 heterocycles. The van der Waals surface area contributed by atoms with Gasteiger partial charge in [-0.25, -0.2) is 0 Å². The normalized spacial score (nSPS) is 15.5. The van der Waals surface area contributed by atoms with Gasteiger partial charge in [0.05, 0.1) is 5.75 Å². The lowest BCUT2D eigenvalue weighted by atomic mass is 10.3. The van der Waals surface area contributed by atoms with Gasteiger partial charge in [0, 0.05) is 12.5 Å². The number of carbonyl (C=O) groups is 2. The van der Waals surface area contributed by atoms with Gasteiger partial charge in [-0.05, 0) is 26.2 Å². The number of aromatic nitrogens is 2. The van der Waals surface area contributed by atoms with E-state index in [0.717, 1.165) is 19.3 Å². The van der Waals surface area contributed by atoms with Crippen LogP contribution in [0, 0.1) is 0 Å². The number of amides is 2. The van der Waals surface area contributed by atoms with Crippen molar-refractivity contribution < 1.29 is 14.0 Å². The number of nitrogens with zero attached hydrogens (tertiary/aromatic N) is 2. The standard InChI is InChI=1S/C13H20N4O3S/c1-3-6-14-11(19)8(2)15-10(18)7-21-13-17-16-12(20-13)9-4-5-9/h8-9H,3-7H2,1-2H3,(H,14,19)(H,15,18)/t8-/m1/s1. The summed E-state index contributed by atoms with van der Waals surface area (Å²) in [6.45, 7) is 4.24. The largest absolute Gasteiger partial charge is 0.416 e. The topological polar surface area (TPSA) is 97.1 Å². The fraction of sp³-hybridized carbons (Fsp3) is 0.692. The first-order valence-corrected chi connectivity index (χ1v) is 8.12. The minimum Gasteiger partial charge on any atom is -0.416 e. The maximum atomic E-state index is 11.8. The Balaban J connectivity index is 1.69. The van der Waals surface area contributed by atoms with Crippen molar-refractivity contribution in [1.29, 1.82) is 0 Å². The number of carbonyl (C=O) groups excluding carboxylic acids is 2. The van der Waals surface area contributed by atoms with Gasteiger partial charge >= 0.3 is 0 Å². The molecule has 21 heavy (non-hydrogen) atoms. The summed E-state index contributed by atoms with van der Waals surface area (Å²) >= 11 is 1.18. The van der Waals surface area contributed by atoms with Crippen LogP contribution in [0.2, 0.25) is 0 Å². The van der Waals surface area contributed by atoms with Crippen LogP contribution in [0.5, 0.6) is 0 Å². The van der Waals surface area contributed by atoms with Gasteiger partial charge in [-0.1, -0.05) is 18.7 Å². The highest BCUT2D eigenvalue weighted by atomic mass is 32.2. The molecule has 0 radical (unpaired) electrons. The van der Waals surface area contributed by atoms with Crippen molar-refractivity contribution in [2.45, 2.75) is 50.3 Å². The summed E-state index contributed by atoms with van der Waals surface area (Å²) in [5, 5.41) is 13.6. The van der Waals surface area contributed by atoms with Crippen LogP contribution in [-0.2, 0) is 9.59 Å². The number of nitrogens with one attached hydrogen (secondary N) is 2. The zero-order valence-corrected chi connectivity index (χ0v) is 13.0. The van der Waals surface area contributed by atoms with Gasteiger partial charge < -0.3 is 15.1 Å². The Morgan fingerprint density at radius 3 is 2.86 bits per heavy atom. The number of hydrogen-bond acceptors (Lipinski definition) is 6. The lowest BCUT2D eigenvalue weighted by Gasteiger charge is -2.13. The van der Waals surface area contributed by atoms with Gasteiger partial charge in [-0.2, -0.15) is 0 Å². The molecule has 0 spiro atoms. The summed E-state index contributed by atoms with van der Waals surface area (Å²) in [5.74, 6) is 0.806. The van der Waals surface area contributed by atoms with Crippen molar-refractivity contribution in [1.82, 2.24) is 20.8 Å². The molecule has 0 aliphatic heterocycles. The third-order valence-electron chi connectivity index (χ3n) is 3.00. The van der Waals surface area contributed by atoms with Crippen LogP contribution >= 0.6 is 11.8 Å². The first-order valence-electron chi connectivity index (χ1n) is 7.13. The summed E-state index contributed by atoms with van der Waals surface area (Å²) < 4.78 is 5.44. The molecule has 0 bridgehead atoms. The van der Waals surface area contributed by atoms with Crippen LogP contribution in [0.3, 0.4) is 0 Å². The molecule has 8 heteroatoms. The van der Waals surface area contributed by atoms with Crippen molar-refractivity contribution in [3.63, 3.8) is 0 Å². The van der Waals surface area contributed by atoms with Gasteiger partial charge in [-0.15, -0.1) is 10.2 Å². The summed E-state index contributed by atoms with van der Waals surface area (Å²) in [4.78, 5) is 23.4. The smallest absolute Gasteiger partial charge is 0.277 e. The van der Waals surface area contributed by atoms with E-state index >= 15 is 0 Å². The van der Waals surface area contributed by atoms with Crippen molar-refractivity contribution in [3.8, 4) is 0 Å².